The van der Waals surface area contributed by atoms with Crippen molar-refractivity contribution in [2.45, 2.75) is 18.8 Å². The first-order valence-corrected chi connectivity index (χ1v) is 10.8. The van der Waals surface area contributed by atoms with E-state index in [2.05, 4.69) is 15.2 Å². The fraction of sp³-hybridized carbons (Fsp3) is 0.304. The topological polar surface area (TPSA) is 95.8 Å². The molecular formula is C23H21ClN4O4. The minimum absolute atomic E-state index is 0.162. The van der Waals surface area contributed by atoms with Crippen LogP contribution in [0.4, 0.5) is 5.69 Å². The van der Waals surface area contributed by atoms with Gasteiger partial charge >= 0.3 is 0 Å². The van der Waals surface area contributed by atoms with Gasteiger partial charge in [0.2, 0.25) is 5.91 Å². The lowest BCUT2D eigenvalue weighted by Crippen LogP contribution is -2.38. The SMILES string of the molecule is CN1C(=O)c2ccc(NC(=O)CN3CCC(c4nc5cc(Cl)ccc5o4)CC3)cc2C1=O. The summed E-state index contributed by atoms with van der Waals surface area (Å²) >= 11 is 6.03. The minimum Gasteiger partial charge on any atom is -0.440 e. The van der Waals surface area contributed by atoms with Crippen molar-refractivity contribution in [3.05, 3.63) is 58.4 Å². The van der Waals surface area contributed by atoms with E-state index in [0.29, 0.717) is 27.7 Å². The largest absolute Gasteiger partial charge is 0.440 e. The highest BCUT2D eigenvalue weighted by Crippen LogP contribution is 2.31. The van der Waals surface area contributed by atoms with Gasteiger partial charge in [0, 0.05) is 23.7 Å². The van der Waals surface area contributed by atoms with Gasteiger partial charge in [-0.05, 0) is 62.3 Å². The molecular weight excluding hydrogens is 432 g/mol. The highest BCUT2D eigenvalue weighted by Gasteiger charge is 2.33. The summed E-state index contributed by atoms with van der Waals surface area (Å²) in [5.74, 6) is 0.0777. The predicted molar refractivity (Wildman–Crippen MR) is 119 cm³/mol. The maximum atomic E-state index is 12.5. The van der Waals surface area contributed by atoms with E-state index in [-0.39, 0.29) is 30.2 Å². The Balaban J connectivity index is 1.17. The van der Waals surface area contributed by atoms with E-state index in [9.17, 15) is 14.4 Å². The lowest BCUT2D eigenvalue weighted by molar-refractivity contribution is -0.117. The van der Waals surface area contributed by atoms with E-state index in [1.54, 1.807) is 30.3 Å². The molecule has 1 saturated heterocycles. The van der Waals surface area contributed by atoms with Crippen LogP contribution in [0.2, 0.25) is 5.02 Å². The third-order valence-electron chi connectivity index (χ3n) is 6.04. The molecule has 1 N–H and O–H groups in total. The average molecular weight is 453 g/mol. The molecule has 2 aliphatic heterocycles. The molecule has 3 heterocycles. The molecule has 0 unspecified atom stereocenters. The van der Waals surface area contributed by atoms with Crippen molar-refractivity contribution >= 4 is 46.1 Å². The zero-order chi connectivity index (χ0) is 22.4. The second kappa shape index (κ2) is 8.03. The number of nitrogens with one attached hydrogen (secondary N) is 1. The van der Waals surface area contributed by atoms with E-state index in [0.717, 1.165) is 41.9 Å². The molecule has 1 aromatic heterocycles. The van der Waals surface area contributed by atoms with Gasteiger partial charge in [-0.3, -0.25) is 24.2 Å². The molecule has 1 fully saturated rings. The van der Waals surface area contributed by atoms with E-state index in [1.807, 2.05) is 6.07 Å². The number of carbonyl (C=O) groups excluding carboxylic acids is 3. The van der Waals surface area contributed by atoms with Gasteiger partial charge in [0.25, 0.3) is 11.8 Å². The number of anilines is 1. The molecule has 2 aromatic carbocycles. The smallest absolute Gasteiger partial charge is 0.261 e. The van der Waals surface area contributed by atoms with Crippen LogP contribution in [0.3, 0.4) is 0 Å². The van der Waals surface area contributed by atoms with Gasteiger partial charge in [-0.25, -0.2) is 4.98 Å². The van der Waals surface area contributed by atoms with Crippen LogP contribution in [-0.2, 0) is 4.79 Å². The first kappa shape index (κ1) is 20.7. The molecule has 8 nitrogen and oxygen atoms in total. The molecule has 0 aliphatic carbocycles. The summed E-state index contributed by atoms with van der Waals surface area (Å²) in [5.41, 5.74) is 2.67. The van der Waals surface area contributed by atoms with Crippen LogP contribution in [0.5, 0.6) is 0 Å². The van der Waals surface area contributed by atoms with Crippen LogP contribution >= 0.6 is 11.6 Å². The number of amides is 3. The van der Waals surface area contributed by atoms with Crippen LogP contribution in [0, 0.1) is 0 Å². The number of likely N-dealkylation sites (tertiary alicyclic amines) is 1. The zero-order valence-corrected chi connectivity index (χ0v) is 18.2. The number of aromatic nitrogens is 1. The van der Waals surface area contributed by atoms with Gasteiger partial charge in [0.15, 0.2) is 11.5 Å². The maximum absolute atomic E-state index is 12.5. The van der Waals surface area contributed by atoms with Crippen molar-refractivity contribution in [2.75, 3.05) is 32.0 Å². The summed E-state index contributed by atoms with van der Waals surface area (Å²) in [5, 5.41) is 3.46. The first-order valence-electron chi connectivity index (χ1n) is 10.4. The first-order chi connectivity index (χ1) is 15.4. The van der Waals surface area contributed by atoms with Gasteiger partial charge in [0.1, 0.15) is 5.52 Å². The molecule has 2 aliphatic rings. The third kappa shape index (κ3) is 3.76. The summed E-state index contributed by atoms with van der Waals surface area (Å²) in [6.45, 7) is 1.75. The van der Waals surface area contributed by atoms with Crippen LogP contribution in [0.15, 0.2) is 40.8 Å². The maximum Gasteiger partial charge on any atom is 0.261 e. The number of nitrogens with zero attached hydrogens (tertiary/aromatic N) is 3. The Morgan fingerprint density at radius 3 is 2.66 bits per heavy atom. The van der Waals surface area contributed by atoms with Crippen molar-refractivity contribution in [3.8, 4) is 0 Å². The molecule has 0 radical (unpaired) electrons. The predicted octanol–water partition coefficient (Wildman–Crippen LogP) is 3.53. The number of oxazole rings is 1. The van der Waals surface area contributed by atoms with Gasteiger partial charge in [-0.15, -0.1) is 0 Å². The molecule has 9 heteroatoms. The van der Waals surface area contributed by atoms with Gasteiger partial charge < -0.3 is 9.73 Å². The van der Waals surface area contributed by atoms with Gasteiger partial charge in [-0.2, -0.15) is 0 Å². The van der Waals surface area contributed by atoms with E-state index in [4.69, 9.17) is 16.0 Å². The Morgan fingerprint density at radius 2 is 1.88 bits per heavy atom. The molecule has 3 aromatic rings. The van der Waals surface area contributed by atoms with Crippen molar-refractivity contribution in [1.82, 2.24) is 14.8 Å². The Bertz CT molecular complexity index is 1250. The summed E-state index contributed by atoms with van der Waals surface area (Å²) in [6, 6.07) is 10.2. The summed E-state index contributed by atoms with van der Waals surface area (Å²) < 4.78 is 5.90. The van der Waals surface area contributed by atoms with Crippen LogP contribution in [-0.4, -0.2) is 59.2 Å². The van der Waals surface area contributed by atoms with E-state index < -0.39 is 0 Å². The van der Waals surface area contributed by atoms with Gasteiger partial charge in [0.05, 0.1) is 17.7 Å². The third-order valence-corrected chi connectivity index (χ3v) is 6.28. The summed E-state index contributed by atoms with van der Waals surface area (Å²) in [6.07, 6.45) is 1.69. The number of fused-ring (bicyclic) bond motifs is 2. The molecule has 0 bridgehead atoms. The number of imide groups is 1. The van der Waals surface area contributed by atoms with Crippen molar-refractivity contribution in [2.24, 2.45) is 0 Å². The monoisotopic (exact) mass is 452 g/mol. The molecule has 32 heavy (non-hydrogen) atoms. The fourth-order valence-corrected chi connectivity index (χ4v) is 4.44. The summed E-state index contributed by atoms with van der Waals surface area (Å²) in [4.78, 5) is 44.4. The van der Waals surface area contributed by atoms with Crippen molar-refractivity contribution in [3.63, 3.8) is 0 Å². The lowest BCUT2D eigenvalue weighted by Gasteiger charge is -2.29. The Hall–Kier alpha value is -3.23. The summed E-state index contributed by atoms with van der Waals surface area (Å²) in [7, 11) is 1.45. The Labute approximate surface area is 189 Å². The highest BCUT2D eigenvalue weighted by molar-refractivity contribution is 6.31. The van der Waals surface area contributed by atoms with E-state index in [1.165, 1.54) is 7.05 Å². The Kier molecular flexibility index (Phi) is 5.19. The lowest BCUT2D eigenvalue weighted by atomic mass is 9.97. The normalized spacial score (nSPS) is 17.2. The second-order valence-corrected chi connectivity index (χ2v) is 8.63. The van der Waals surface area contributed by atoms with Crippen molar-refractivity contribution < 1.29 is 18.8 Å². The quantitative estimate of drug-likeness (QED) is 0.608. The molecule has 0 atom stereocenters. The Morgan fingerprint density at radius 1 is 1.12 bits per heavy atom. The minimum atomic E-state index is -0.357. The van der Waals surface area contributed by atoms with Crippen LogP contribution < -0.4 is 5.32 Å². The van der Waals surface area contributed by atoms with Gasteiger partial charge in [-0.1, -0.05) is 11.6 Å². The molecule has 0 spiro atoms. The second-order valence-electron chi connectivity index (χ2n) is 8.19. The number of carbonyl (C=O) groups is 3. The van der Waals surface area contributed by atoms with Crippen LogP contribution in [0.25, 0.3) is 11.1 Å². The number of rotatable bonds is 4. The average Bonchev–Trinajstić information content (AvgIpc) is 3.29. The highest BCUT2D eigenvalue weighted by atomic mass is 35.5. The number of hydrogen-bond acceptors (Lipinski definition) is 6. The number of piperidine rings is 1. The molecule has 0 saturated carbocycles. The molecule has 3 amide bonds. The number of halogens is 1. The standard InChI is InChI=1S/C23H21ClN4O4/c1-27-22(30)16-4-3-15(11-17(16)23(27)31)25-20(29)12-28-8-6-13(7-9-28)21-26-18-10-14(24)2-5-19(18)32-21/h2-5,10-11,13H,6-9,12H2,1H3,(H,25,29). The molecule has 5 rings (SSSR count). The number of benzene rings is 2. The fourth-order valence-electron chi connectivity index (χ4n) is 4.27. The zero-order valence-electron chi connectivity index (χ0n) is 17.4. The van der Waals surface area contributed by atoms with Crippen LogP contribution in [0.1, 0.15) is 45.4 Å². The van der Waals surface area contributed by atoms with Crippen molar-refractivity contribution in [1.29, 1.82) is 0 Å². The van der Waals surface area contributed by atoms with E-state index >= 15 is 0 Å². The molecule has 164 valence electrons. The number of hydrogen-bond donors (Lipinski definition) is 1.